The summed E-state index contributed by atoms with van der Waals surface area (Å²) in [7, 11) is 0. The maximum atomic E-state index is 11.6. The molecule has 0 saturated heterocycles. The van der Waals surface area contributed by atoms with Gasteiger partial charge in [-0.25, -0.2) is 4.79 Å². The van der Waals surface area contributed by atoms with Crippen molar-refractivity contribution in [1.29, 1.82) is 0 Å². The molecule has 0 aliphatic carbocycles. The van der Waals surface area contributed by atoms with Crippen LogP contribution in [0.15, 0.2) is 54.6 Å². The van der Waals surface area contributed by atoms with Crippen molar-refractivity contribution < 1.29 is 9.53 Å². The third-order valence-corrected chi connectivity index (χ3v) is 3.49. The molecular formula is C19H22O2. The molecule has 0 bridgehead atoms. The van der Waals surface area contributed by atoms with Crippen LogP contribution in [0.5, 0.6) is 0 Å². The smallest absolute Gasteiger partial charge is 0.338 e. The second-order valence-corrected chi connectivity index (χ2v) is 5.11. The zero-order chi connectivity index (χ0) is 14.9. The average molecular weight is 282 g/mol. The minimum atomic E-state index is -0.242. The van der Waals surface area contributed by atoms with Crippen molar-refractivity contribution in [2.75, 3.05) is 6.61 Å². The molecule has 0 saturated carbocycles. The maximum absolute atomic E-state index is 11.6. The van der Waals surface area contributed by atoms with E-state index < -0.39 is 0 Å². The molecule has 0 amide bonds. The Morgan fingerprint density at radius 1 is 0.857 bits per heavy atom. The highest BCUT2D eigenvalue weighted by molar-refractivity contribution is 5.89. The summed E-state index contributed by atoms with van der Waals surface area (Å²) in [5.41, 5.74) is 3.30. The number of ether oxygens (including phenoxy) is 1. The number of benzene rings is 2. The van der Waals surface area contributed by atoms with Crippen LogP contribution >= 0.6 is 0 Å². The monoisotopic (exact) mass is 282 g/mol. The van der Waals surface area contributed by atoms with Gasteiger partial charge in [-0.3, -0.25) is 0 Å². The molecule has 0 fully saturated rings. The number of aryl methyl sites for hydroxylation is 2. The maximum Gasteiger partial charge on any atom is 0.338 e. The number of carbonyl (C=O) groups is 1. The second-order valence-electron chi connectivity index (χ2n) is 5.11. The summed E-state index contributed by atoms with van der Waals surface area (Å²) in [5, 5.41) is 0. The van der Waals surface area contributed by atoms with E-state index >= 15 is 0 Å². The summed E-state index contributed by atoms with van der Waals surface area (Å²) in [6.07, 6.45) is 4.52. The lowest BCUT2D eigenvalue weighted by Crippen LogP contribution is -2.04. The van der Waals surface area contributed by atoms with Crippen LogP contribution in [-0.2, 0) is 17.6 Å². The second kappa shape index (κ2) is 8.25. The summed E-state index contributed by atoms with van der Waals surface area (Å²) in [4.78, 5) is 11.6. The molecule has 2 aromatic rings. The van der Waals surface area contributed by atoms with Gasteiger partial charge in [0.25, 0.3) is 0 Å². The highest BCUT2D eigenvalue weighted by Gasteiger charge is 2.05. The summed E-state index contributed by atoms with van der Waals surface area (Å²) < 4.78 is 4.98. The number of unbranched alkanes of at least 4 members (excludes halogenated alkanes) is 1. The lowest BCUT2D eigenvalue weighted by molar-refractivity contribution is 0.0526. The number of carbonyl (C=O) groups excluding carboxylic acids is 1. The molecule has 110 valence electrons. The van der Waals surface area contributed by atoms with Gasteiger partial charge in [-0.1, -0.05) is 42.5 Å². The van der Waals surface area contributed by atoms with Crippen LogP contribution in [0.3, 0.4) is 0 Å². The van der Waals surface area contributed by atoms with E-state index in [-0.39, 0.29) is 5.97 Å². The highest BCUT2D eigenvalue weighted by atomic mass is 16.5. The average Bonchev–Trinajstić information content (AvgIpc) is 2.53. The molecule has 2 rings (SSSR count). The van der Waals surface area contributed by atoms with E-state index in [4.69, 9.17) is 4.74 Å². The molecule has 0 heterocycles. The molecule has 0 aliphatic heterocycles. The van der Waals surface area contributed by atoms with E-state index in [2.05, 4.69) is 30.3 Å². The van der Waals surface area contributed by atoms with Crippen LogP contribution in [0.25, 0.3) is 0 Å². The Balaban J connectivity index is 1.75. The fourth-order valence-electron chi connectivity index (χ4n) is 2.32. The van der Waals surface area contributed by atoms with Gasteiger partial charge in [-0.2, -0.15) is 0 Å². The number of esters is 1. The van der Waals surface area contributed by atoms with Crippen LogP contribution in [-0.4, -0.2) is 12.6 Å². The van der Waals surface area contributed by atoms with Gasteiger partial charge in [0, 0.05) is 0 Å². The first-order valence-electron chi connectivity index (χ1n) is 7.59. The molecule has 2 aromatic carbocycles. The van der Waals surface area contributed by atoms with Gasteiger partial charge < -0.3 is 4.74 Å². The first-order chi connectivity index (χ1) is 10.3. The van der Waals surface area contributed by atoms with E-state index in [0.717, 1.165) is 19.3 Å². The Labute approximate surface area is 126 Å². The Bertz CT molecular complexity index is 544. The molecule has 0 aromatic heterocycles. The number of rotatable bonds is 7. The third kappa shape index (κ3) is 5.07. The van der Waals surface area contributed by atoms with E-state index in [9.17, 15) is 4.79 Å². The highest BCUT2D eigenvalue weighted by Crippen LogP contribution is 2.11. The Morgan fingerprint density at radius 3 is 2.00 bits per heavy atom. The van der Waals surface area contributed by atoms with E-state index in [1.54, 1.807) is 0 Å². The molecule has 0 N–H and O–H groups in total. The van der Waals surface area contributed by atoms with Crippen LogP contribution in [0.2, 0.25) is 0 Å². The summed E-state index contributed by atoms with van der Waals surface area (Å²) >= 11 is 0. The molecule has 2 nitrogen and oxygen atoms in total. The third-order valence-electron chi connectivity index (χ3n) is 3.49. The molecule has 21 heavy (non-hydrogen) atoms. The zero-order valence-corrected chi connectivity index (χ0v) is 12.5. The van der Waals surface area contributed by atoms with E-state index in [1.807, 2.05) is 31.2 Å². The van der Waals surface area contributed by atoms with Gasteiger partial charge in [-0.05, 0) is 55.9 Å². The van der Waals surface area contributed by atoms with Crippen LogP contribution in [0, 0.1) is 0 Å². The molecular weight excluding hydrogens is 260 g/mol. The van der Waals surface area contributed by atoms with E-state index in [0.29, 0.717) is 12.2 Å². The van der Waals surface area contributed by atoms with Crippen molar-refractivity contribution in [2.45, 2.75) is 32.6 Å². The Hall–Kier alpha value is -2.09. The van der Waals surface area contributed by atoms with Gasteiger partial charge in [0.15, 0.2) is 0 Å². The topological polar surface area (TPSA) is 26.3 Å². The molecule has 0 aliphatic rings. The molecule has 0 spiro atoms. The van der Waals surface area contributed by atoms with Crippen molar-refractivity contribution in [3.8, 4) is 0 Å². The van der Waals surface area contributed by atoms with Crippen molar-refractivity contribution in [1.82, 2.24) is 0 Å². The van der Waals surface area contributed by atoms with Crippen LogP contribution in [0.1, 0.15) is 41.3 Å². The lowest BCUT2D eigenvalue weighted by Gasteiger charge is -2.05. The minimum absolute atomic E-state index is 0.242. The van der Waals surface area contributed by atoms with Gasteiger partial charge in [0.05, 0.1) is 12.2 Å². The summed E-state index contributed by atoms with van der Waals surface area (Å²) in [6, 6.07) is 18.3. The van der Waals surface area contributed by atoms with Gasteiger partial charge in [0.2, 0.25) is 0 Å². The molecule has 0 unspecified atom stereocenters. The lowest BCUT2D eigenvalue weighted by atomic mass is 10.0. The summed E-state index contributed by atoms with van der Waals surface area (Å²) in [6.45, 7) is 2.24. The Kier molecular flexibility index (Phi) is 6.01. The van der Waals surface area contributed by atoms with Gasteiger partial charge >= 0.3 is 5.97 Å². The fourth-order valence-corrected chi connectivity index (χ4v) is 2.32. The fraction of sp³-hybridized carbons (Fsp3) is 0.316. The SMILES string of the molecule is CCOC(=O)c1ccc(CCCCc2ccccc2)cc1. The summed E-state index contributed by atoms with van der Waals surface area (Å²) in [5.74, 6) is -0.242. The Morgan fingerprint density at radius 2 is 1.43 bits per heavy atom. The van der Waals surface area contributed by atoms with Crippen molar-refractivity contribution in [3.63, 3.8) is 0 Å². The standard InChI is InChI=1S/C19H22O2/c1-2-21-19(20)18-14-12-17(13-15-18)11-7-6-10-16-8-4-3-5-9-16/h3-5,8-9,12-15H,2,6-7,10-11H2,1H3. The predicted octanol–water partition coefficient (Wildman–Crippen LogP) is 4.43. The quantitative estimate of drug-likeness (QED) is 0.555. The van der Waals surface area contributed by atoms with Crippen molar-refractivity contribution in [3.05, 3.63) is 71.3 Å². The van der Waals surface area contributed by atoms with Gasteiger partial charge in [0.1, 0.15) is 0 Å². The largest absolute Gasteiger partial charge is 0.462 e. The first kappa shape index (κ1) is 15.3. The van der Waals surface area contributed by atoms with Crippen LogP contribution in [0.4, 0.5) is 0 Å². The van der Waals surface area contributed by atoms with Crippen molar-refractivity contribution >= 4 is 5.97 Å². The van der Waals surface area contributed by atoms with Crippen molar-refractivity contribution in [2.24, 2.45) is 0 Å². The zero-order valence-electron chi connectivity index (χ0n) is 12.5. The van der Waals surface area contributed by atoms with Crippen LogP contribution < -0.4 is 0 Å². The molecule has 0 radical (unpaired) electrons. The number of hydrogen-bond acceptors (Lipinski definition) is 2. The first-order valence-corrected chi connectivity index (χ1v) is 7.59. The molecule has 2 heteroatoms. The predicted molar refractivity (Wildman–Crippen MR) is 85.5 cm³/mol. The van der Waals surface area contributed by atoms with Gasteiger partial charge in [-0.15, -0.1) is 0 Å². The molecule has 0 atom stereocenters. The normalized spacial score (nSPS) is 10.3. The minimum Gasteiger partial charge on any atom is -0.462 e. The number of hydrogen-bond donors (Lipinski definition) is 0. The van der Waals surface area contributed by atoms with E-state index in [1.165, 1.54) is 17.5 Å².